The number of hydrogen-bond acceptors (Lipinski definition) is 4. The third kappa shape index (κ3) is 3.63. The highest BCUT2D eigenvalue weighted by Gasteiger charge is 2.26. The minimum absolute atomic E-state index is 0.0267. The Balaban J connectivity index is 1.41. The molecule has 0 spiro atoms. The summed E-state index contributed by atoms with van der Waals surface area (Å²) in [6.45, 7) is 0.705. The molecule has 0 unspecified atom stereocenters. The second-order valence-electron chi connectivity index (χ2n) is 5.26. The normalized spacial score (nSPS) is 17.5. The third-order valence-electron chi connectivity index (χ3n) is 3.77. The minimum Gasteiger partial charge on any atom is -0.356 e. The van der Waals surface area contributed by atoms with Gasteiger partial charge >= 0.3 is 0 Å². The van der Waals surface area contributed by atoms with Crippen LogP contribution in [0.1, 0.15) is 29.1 Å². The quantitative estimate of drug-likeness (QED) is 0.829. The van der Waals surface area contributed by atoms with E-state index in [4.69, 9.17) is 11.6 Å². The average Bonchev–Trinajstić information content (AvgIpc) is 3.11. The van der Waals surface area contributed by atoms with Crippen LogP contribution in [-0.4, -0.2) is 27.9 Å². The summed E-state index contributed by atoms with van der Waals surface area (Å²) in [7, 11) is 0. The predicted octanol–water partition coefficient (Wildman–Crippen LogP) is 2.37. The van der Waals surface area contributed by atoms with Crippen molar-refractivity contribution in [3.8, 4) is 0 Å². The van der Waals surface area contributed by atoms with Crippen molar-refractivity contribution in [3.05, 3.63) is 32.7 Å². The molecule has 0 aromatic carbocycles. The molecule has 0 saturated carbocycles. The van der Waals surface area contributed by atoms with Crippen molar-refractivity contribution < 1.29 is 4.79 Å². The molecule has 1 aliphatic carbocycles. The number of thiophene rings is 1. The molecular formula is C14H17ClN4OS. The number of amides is 1. The number of fused-ring (bicyclic) bond motifs is 1. The Hall–Kier alpha value is -1.40. The molecule has 5 nitrogen and oxygen atoms in total. The number of rotatable bonds is 5. The van der Waals surface area contributed by atoms with Crippen LogP contribution in [0.25, 0.3) is 0 Å². The molecule has 2 heterocycles. The molecule has 0 bridgehead atoms. The molecule has 0 radical (unpaired) electrons. The van der Waals surface area contributed by atoms with E-state index in [1.165, 1.54) is 4.88 Å². The number of carbonyl (C=O) groups excluding carboxylic acids is 1. The van der Waals surface area contributed by atoms with E-state index < -0.39 is 0 Å². The van der Waals surface area contributed by atoms with Gasteiger partial charge in [0.1, 0.15) is 0 Å². The first kappa shape index (κ1) is 14.5. The van der Waals surface area contributed by atoms with Gasteiger partial charge in [0, 0.05) is 23.8 Å². The van der Waals surface area contributed by atoms with Gasteiger partial charge in [0.05, 0.1) is 15.7 Å². The molecule has 1 aliphatic rings. The van der Waals surface area contributed by atoms with E-state index >= 15 is 0 Å². The molecule has 0 saturated heterocycles. The monoisotopic (exact) mass is 324 g/mol. The van der Waals surface area contributed by atoms with E-state index in [2.05, 4.69) is 20.7 Å². The maximum absolute atomic E-state index is 12.2. The SMILES string of the molecule is O=C(NCCCc1ccc(Cl)s1)[C@@H]1CCc2n[nH]nc2C1. The molecular weight excluding hydrogens is 308 g/mol. The first-order chi connectivity index (χ1) is 10.2. The topological polar surface area (TPSA) is 70.7 Å². The Bertz CT molecular complexity index is 624. The minimum atomic E-state index is 0.0267. The van der Waals surface area contributed by atoms with Crippen molar-refractivity contribution in [1.29, 1.82) is 0 Å². The van der Waals surface area contributed by atoms with Gasteiger partial charge in [-0.05, 0) is 37.8 Å². The van der Waals surface area contributed by atoms with E-state index in [0.29, 0.717) is 13.0 Å². The van der Waals surface area contributed by atoms with Crippen molar-refractivity contribution >= 4 is 28.8 Å². The molecule has 0 fully saturated rings. The number of aromatic nitrogens is 3. The van der Waals surface area contributed by atoms with Gasteiger partial charge in [0.2, 0.25) is 5.91 Å². The zero-order chi connectivity index (χ0) is 14.7. The van der Waals surface area contributed by atoms with Crippen LogP contribution in [0.4, 0.5) is 0 Å². The molecule has 2 N–H and O–H groups in total. The lowest BCUT2D eigenvalue weighted by Gasteiger charge is -2.19. The van der Waals surface area contributed by atoms with Gasteiger partial charge in [0.15, 0.2) is 0 Å². The highest BCUT2D eigenvalue weighted by Crippen LogP contribution is 2.23. The van der Waals surface area contributed by atoms with Gasteiger partial charge in [-0.1, -0.05) is 11.6 Å². The Morgan fingerprint density at radius 1 is 1.43 bits per heavy atom. The molecule has 21 heavy (non-hydrogen) atoms. The predicted molar refractivity (Wildman–Crippen MR) is 82.6 cm³/mol. The molecule has 7 heteroatoms. The van der Waals surface area contributed by atoms with Crippen molar-refractivity contribution in [2.24, 2.45) is 5.92 Å². The number of nitrogens with zero attached hydrogens (tertiary/aromatic N) is 2. The average molecular weight is 325 g/mol. The zero-order valence-corrected chi connectivity index (χ0v) is 13.1. The summed E-state index contributed by atoms with van der Waals surface area (Å²) in [5, 5.41) is 13.8. The first-order valence-corrected chi connectivity index (χ1v) is 8.32. The number of H-pyrrole nitrogens is 1. The first-order valence-electron chi connectivity index (χ1n) is 7.13. The van der Waals surface area contributed by atoms with Crippen LogP contribution in [0.3, 0.4) is 0 Å². The summed E-state index contributed by atoms with van der Waals surface area (Å²) >= 11 is 7.49. The summed E-state index contributed by atoms with van der Waals surface area (Å²) in [4.78, 5) is 13.4. The summed E-state index contributed by atoms with van der Waals surface area (Å²) in [5.74, 6) is 0.159. The highest BCUT2D eigenvalue weighted by molar-refractivity contribution is 7.16. The van der Waals surface area contributed by atoms with Crippen LogP contribution >= 0.6 is 22.9 Å². The van der Waals surface area contributed by atoms with Crippen molar-refractivity contribution in [2.45, 2.75) is 32.1 Å². The van der Waals surface area contributed by atoms with Crippen molar-refractivity contribution in [1.82, 2.24) is 20.7 Å². The third-order valence-corrected chi connectivity index (χ3v) is 5.06. The van der Waals surface area contributed by atoms with Crippen LogP contribution < -0.4 is 5.32 Å². The molecule has 2 aromatic heterocycles. The second-order valence-corrected chi connectivity index (χ2v) is 7.06. The lowest BCUT2D eigenvalue weighted by molar-refractivity contribution is -0.125. The Labute approximate surface area is 132 Å². The van der Waals surface area contributed by atoms with Gasteiger partial charge in [0.25, 0.3) is 0 Å². The molecule has 2 aromatic rings. The Kier molecular flexibility index (Phi) is 4.55. The van der Waals surface area contributed by atoms with Gasteiger partial charge in [-0.25, -0.2) is 0 Å². The lowest BCUT2D eigenvalue weighted by Crippen LogP contribution is -2.34. The number of nitrogens with one attached hydrogen (secondary N) is 2. The fourth-order valence-electron chi connectivity index (χ4n) is 2.61. The Morgan fingerprint density at radius 3 is 3.10 bits per heavy atom. The van der Waals surface area contributed by atoms with Crippen molar-refractivity contribution in [2.75, 3.05) is 6.54 Å². The summed E-state index contributed by atoms with van der Waals surface area (Å²) in [6, 6.07) is 3.96. The van der Waals surface area contributed by atoms with Crippen LogP contribution in [0.2, 0.25) is 4.34 Å². The number of carbonyl (C=O) groups is 1. The summed E-state index contributed by atoms with van der Waals surface area (Å²) in [5.41, 5.74) is 1.95. The van der Waals surface area contributed by atoms with Gasteiger partial charge in [-0.2, -0.15) is 15.4 Å². The fourth-order valence-corrected chi connectivity index (χ4v) is 3.74. The van der Waals surface area contributed by atoms with Crippen LogP contribution in [-0.2, 0) is 24.1 Å². The largest absolute Gasteiger partial charge is 0.356 e. The maximum atomic E-state index is 12.2. The number of halogens is 1. The summed E-state index contributed by atoms with van der Waals surface area (Å²) in [6.07, 6.45) is 4.27. The number of aryl methyl sites for hydroxylation is 2. The number of aromatic amines is 1. The lowest BCUT2D eigenvalue weighted by atomic mass is 9.89. The molecule has 0 aliphatic heterocycles. The number of hydrogen-bond donors (Lipinski definition) is 2. The molecule has 1 atom stereocenters. The molecule has 3 rings (SSSR count). The van der Waals surface area contributed by atoms with Gasteiger partial charge in [-0.3, -0.25) is 4.79 Å². The van der Waals surface area contributed by atoms with Crippen LogP contribution in [0.15, 0.2) is 12.1 Å². The van der Waals surface area contributed by atoms with Gasteiger partial charge < -0.3 is 5.32 Å². The summed E-state index contributed by atoms with van der Waals surface area (Å²) < 4.78 is 0.819. The Morgan fingerprint density at radius 2 is 2.29 bits per heavy atom. The van der Waals surface area contributed by atoms with Crippen LogP contribution in [0, 0.1) is 5.92 Å². The standard InChI is InChI=1S/C14H17ClN4OS/c15-13-6-4-10(21-13)2-1-7-16-14(20)9-3-5-11-12(8-9)18-19-17-11/h4,6,9H,1-3,5,7-8H2,(H,16,20)(H,17,18,19)/t9-/m1/s1. The highest BCUT2D eigenvalue weighted by atomic mass is 35.5. The molecule has 112 valence electrons. The van der Waals surface area contributed by atoms with E-state index in [1.54, 1.807) is 11.3 Å². The smallest absolute Gasteiger partial charge is 0.223 e. The zero-order valence-electron chi connectivity index (χ0n) is 11.6. The van der Waals surface area contributed by atoms with Gasteiger partial charge in [-0.15, -0.1) is 11.3 Å². The van der Waals surface area contributed by atoms with E-state index in [9.17, 15) is 4.79 Å². The second kappa shape index (κ2) is 6.58. The fraction of sp³-hybridized carbons (Fsp3) is 0.500. The van der Waals surface area contributed by atoms with Crippen molar-refractivity contribution in [3.63, 3.8) is 0 Å². The van der Waals surface area contributed by atoms with E-state index in [1.807, 2.05) is 12.1 Å². The maximum Gasteiger partial charge on any atom is 0.223 e. The van der Waals surface area contributed by atoms with Crippen LogP contribution in [0.5, 0.6) is 0 Å². The van der Waals surface area contributed by atoms with E-state index in [-0.39, 0.29) is 11.8 Å². The molecule has 1 amide bonds. The van der Waals surface area contributed by atoms with E-state index in [0.717, 1.165) is 41.4 Å².